The zero-order valence-corrected chi connectivity index (χ0v) is 15.5. The van der Waals surface area contributed by atoms with Gasteiger partial charge in [0.15, 0.2) is 0 Å². The first kappa shape index (κ1) is 18.5. The van der Waals surface area contributed by atoms with Gasteiger partial charge in [0.25, 0.3) is 5.91 Å². The van der Waals surface area contributed by atoms with Crippen LogP contribution in [0, 0.1) is 11.6 Å². The first-order valence-corrected chi connectivity index (χ1v) is 9.57. The minimum absolute atomic E-state index is 0.191. The average molecular weight is 402 g/mol. The zero-order valence-electron chi connectivity index (χ0n) is 13.1. The summed E-state index contributed by atoms with van der Waals surface area (Å²) in [6.45, 7) is 0.953. The van der Waals surface area contributed by atoms with Crippen molar-refractivity contribution in [3.8, 4) is 0 Å². The molecule has 25 heavy (non-hydrogen) atoms. The SMILES string of the molecule is O=C(c1cc(Cl)ccc1Cl)N1CCS[C@@H](c2cc(F)ccc2F)CC1. The fraction of sp³-hybridized carbons (Fsp3) is 0.278. The van der Waals surface area contributed by atoms with Gasteiger partial charge >= 0.3 is 0 Å². The van der Waals surface area contributed by atoms with Crippen LogP contribution in [0.5, 0.6) is 0 Å². The molecule has 2 nitrogen and oxygen atoms in total. The van der Waals surface area contributed by atoms with Crippen molar-refractivity contribution < 1.29 is 13.6 Å². The van der Waals surface area contributed by atoms with Crippen LogP contribution < -0.4 is 0 Å². The van der Waals surface area contributed by atoms with Gasteiger partial charge in [-0.25, -0.2) is 8.78 Å². The molecule has 1 fully saturated rings. The average Bonchev–Trinajstić information content (AvgIpc) is 2.84. The molecule has 1 saturated heterocycles. The number of benzene rings is 2. The molecule has 3 rings (SSSR count). The summed E-state index contributed by atoms with van der Waals surface area (Å²) in [5, 5.41) is 0.596. The summed E-state index contributed by atoms with van der Waals surface area (Å²) in [5.74, 6) is -0.449. The molecule has 0 radical (unpaired) electrons. The lowest BCUT2D eigenvalue weighted by molar-refractivity contribution is 0.0766. The molecule has 0 unspecified atom stereocenters. The molecule has 1 aliphatic rings. The topological polar surface area (TPSA) is 20.3 Å². The van der Waals surface area contributed by atoms with Crippen LogP contribution in [0.25, 0.3) is 0 Å². The largest absolute Gasteiger partial charge is 0.338 e. The molecule has 0 spiro atoms. The molecule has 0 saturated carbocycles. The van der Waals surface area contributed by atoms with Crippen molar-refractivity contribution >= 4 is 40.9 Å². The molecular formula is C18H15Cl2F2NOS. The van der Waals surface area contributed by atoms with Crippen molar-refractivity contribution in [2.24, 2.45) is 0 Å². The predicted molar refractivity (Wildman–Crippen MR) is 98.5 cm³/mol. The van der Waals surface area contributed by atoms with Crippen molar-refractivity contribution in [2.75, 3.05) is 18.8 Å². The molecule has 0 aliphatic carbocycles. The number of amides is 1. The fourth-order valence-corrected chi connectivity index (χ4v) is 4.43. The van der Waals surface area contributed by atoms with Crippen molar-refractivity contribution in [3.05, 3.63) is 69.2 Å². The summed E-state index contributed by atoms with van der Waals surface area (Å²) in [4.78, 5) is 14.4. The third-order valence-electron chi connectivity index (χ3n) is 4.09. The van der Waals surface area contributed by atoms with E-state index in [9.17, 15) is 13.6 Å². The molecule has 0 N–H and O–H groups in total. The molecule has 1 heterocycles. The van der Waals surface area contributed by atoms with E-state index in [-0.39, 0.29) is 11.2 Å². The molecule has 2 aromatic rings. The van der Waals surface area contributed by atoms with E-state index < -0.39 is 11.6 Å². The minimum atomic E-state index is -0.458. The highest BCUT2D eigenvalue weighted by atomic mass is 35.5. The van der Waals surface area contributed by atoms with E-state index in [1.165, 1.54) is 17.8 Å². The molecule has 2 aromatic carbocycles. The van der Waals surface area contributed by atoms with Crippen LogP contribution in [-0.4, -0.2) is 29.6 Å². The quantitative estimate of drug-likeness (QED) is 0.653. The summed E-state index contributed by atoms with van der Waals surface area (Å²) in [5.41, 5.74) is 0.703. The zero-order chi connectivity index (χ0) is 18.0. The molecule has 0 bridgehead atoms. The van der Waals surface area contributed by atoms with Crippen LogP contribution >= 0.6 is 35.0 Å². The number of rotatable bonds is 2. The molecule has 7 heteroatoms. The van der Waals surface area contributed by atoms with Crippen LogP contribution in [-0.2, 0) is 0 Å². The van der Waals surface area contributed by atoms with Gasteiger partial charge in [-0.1, -0.05) is 23.2 Å². The molecular weight excluding hydrogens is 387 g/mol. The van der Waals surface area contributed by atoms with Crippen LogP contribution in [0.4, 0.5) is 8.78 Å². The summed E-state index contributed by atoms with van der Waals surface area (Å²) in [6.07, 6.45) is 0.537. The van der Waals surface area contributed by atoms with E-state index in [2.05, 4.69) is 0 Å². The van der Waals surface area contributed by atoms with Crippen LogP contribution in [0.2, 0.25) is 10.0 Å². The Morgan fingerprint density at radius 1 is 1.12 bits per heavy atom. The lowest BCUT2D eigenvalue weighted by Gasteiger charge is -2.21. The lowest BCUT2D eigenvalue weighted by atomic mass is 10.1. The Morgan fingerprint density at radius 3 is 2.72 bits per heavy atom. The third kappa shape index (κ3) is 4.27. The van der Waals surface area contributed by atoms with Gasteiger partial charge in [0.1, 0.15) is 11.6 Å². The standard InChI is InChI=1S/C18H15Cl2F2NOS/c19-11-1-3-15(20)13(9-11)18(24)23-6-5-17(25-8-7-23)14-10-12(21)2-4-16(14)22/h1-4,9-10,17H,5-8H2/t17-/m1/s1. The van der Waals surface area contributed by atoms with Crippen molar-refractivity contribution in [1.82, 2.24) is 4.90 Å². The van der Waals surface area contributed by atoms with E-state index in [1.807, 2.05) is 0 Å². The maximum Gasteiger partial charge on any atom is 0.255 e. The van der Waals surface area contributed by atoms with Gasteiger partial charge in [-0.15, -0.1) is 0 Å². The van der Waals surface area contributed by atoms with E-state index in [1.54, 1.807) is 23.1 Å². The lowest BCUT2D eigenvalue weighted by Crippen LogP contribution is -2.33. The Kier molecular flexibility index (Phi) is 5.87. The minimum Gasteiger partial charge on any atom is -0.338 e. The molecule has 132 valence electrons. The number of hydrogen-bond donors (Lipinski definition) is 0. The Bertz CT molecular complexity index is 803. The molecule has 1 aliphatic heterocycles. The highest BCUT2D eigenvalue weighted by Crippen LogP contribution is 2.36. The van der Waals surface area contributed by atoms with Gasteiger partial charge in [0.2, 0.25) is 0 Å². The first-order valence-electron chi connectivity index (χ1n) is 7.76. The maximum absolute atomic E-state index is 14.0. The highest BCUT2D eigenvalue weighted by molar-refractivity contribution is 7.99. The summed E-state index contributed by atoms with van der Waals surface area (Å²) >= 11 is 13.6. The third-order valence-corrected chi connectivity index (χ3v) is 5.97. The highest BCUT2D eigenvalue weighted by Gasteiger charge is 2.26. The second-order valence-electron chi connectivity index (χ2n) is 5.73. The molecule has 1 atom stereocenters. The summed E-state index contributed by atoms with van der Waals surface area (Å²) in [6, 6.07) is 8.25. The van der Waals surface area contributed by atoms with Gasteiger partial charge < -0.3 is 4.90 Å². The van der Waals surface area contributed by atoms with Gasteiger partial charge in [0, 0.05) is 34.7 Å². The first-order chi connectivity index (χ1) is 12.0. The molecule has 0 aromatic heterocycles. The van der Waals surface area contributed by atoms with Crippen LogP contribution in [0.3, 0.4) is 0 Å². The van der Waals surface area contributed by atoms with E-state index in [0.29, 0.717) is 46.4 Å². The van der Waals surface area contributed by atoms with E-state index >= 15 is 0 Å². The second-order valence-corrected chi connectivity index (χ2v) is 7.88. The normalized spacial score (nSPS) is 18.1. The number of hydrogen-bond acceptors (Lipinski definition) is 2. The van der Waals surface area contributed by atoms with Gasteiger partial charge in [-0.2, -0.15) is 11.8 Å². The number of halogens is 4. The van der Waals surface area contributed by atoms with E-state index in [0.717, 1.165) is 12.1 Å². The summed E-state index contributed by atoms with van der Waals surface area (Å²) in [7, 11) is 0. The van der Waals surface area contributed by atoms with Gasteiger partial charge in [0.05, 0.1) is 10.6 Å². The van der Waals surface area contributed by atoms with Crippen LogP contribution in [0.15, 0.2) is 36.4 Å². The Balaban J connectivity index is 1.76. The smallest absolute Gasteiger partial charge is 0.255 e. The van der Waals surface area contributed by atoms with Crippen LogP contribution in [0.1, 0.15) is 27.6 Å². The van der Waals surface area contributed by atoms with E-state index in [4.69, 9.17) is 23.2 Å². The van der Waals surface area contributed by atoms with Crippen molar-refractivity contribution in [1.29, 1.82) is 0 Å². The number of nitrogens with zero attached hydrogens (tertiary/aromatic N) is 1. The van der Waals surface area contributed by atoms with Gasteiger partial charge in [-0.3, -0.25) is 4.79 Å². The predicted octanol–water partition coefficient (Wildman–Crippen LogP) is 5.59. The Labute approximate surface area is 159 Å². The summed E-state index contributed by atoms with van der Waals surface area (Å²) < 4.78 is 27.5. The van der Waals surface area contributed by atoms with Gasteiger partial charge in [-0.05, 0) is 42.8 Å². The number of carbonyl (C=O) groups excluding carboxylic acids is 1. The maximum atomic E-state index is 14.0. The fourth-order valence-electron chi connectivity index (χ4n) is 2.81. The van der Waals surface area contributed by atoms with Crippen molar-refractivity contribution in [2.45, 2.75) is 11.7 Å². The second kappa shape index (κ2) is 7.94. The van der Waals surface area contributed by atoms with Crippen molar-refractivity contribution in [3.63, 3.8) is 0 Å². The monoisotopic (exact) mass is 401 g/mol. The Morgan fingerprint density at radius 2 is 1.92 bits per heavy atom. The Hall–Kier alpha value is -1.30. The number of carbonyl (C=O) groups is 1. The number of thioether (sulfide) groups is 1. The molecule has 1 amide bonds.